The lowest BCUT2D eigenvalue weighted by Gasteiger charge is -2.47. The Morgan fingerprint density at radius 2 is 1.64 bits per heavy atom. The maximum Gasteiger partial charge on any atom is 0.166 e. The van der Waals surface area contributed by atoms with Crippen LogP contribution in [-0.4, -0.2) is 19.3 Å². The maximum atomic E-state index is 4.49. The second kappa shape index (κ2) is 4.32. The van der Waals surface area contributed by atoms with Crippen molar-refractivity contribution in [3.63, 3.8) is 0 Å². The molecule has 4 heteroatoms. The number of hydrogen-bond acceptors (Lipinski definition) is 4. The summed E-state index contributed by atoms with van der Waals surface area (Å²) in [6, 6.07) is 18.9. The van der Waals surface area contributed by atoms with Gasteiger partial charge in [-0.2, -0.15) is 5.11 Å². The second-order valence-electron chi connectivity index (χ2n) is 6.55. The SMILES string of the molecule is CN1c2ccccc2C(C)(C)C12CN=NN2c1ccccc1. The van der Waals surface area contributed by atoms with Crippen LogP contribution in [0.1, 0.15) is 19.4 Å². The van der Waals surface area contributed by atoms with Crippen LogP contribution >= 0.6 is 0 Å². The van der Waals surface area contributed by atoms with Gasteiger partial charge in [0.1, 0.15) is 6.54 Å². The average molecular weight is 292 g/mol. The number of hydrogen-bond donors (Lipinski definition) is 0. The summed E-state index contributed by atoms with van der Waals surface area (Å²) < 4.78 is 0. The van der Waals surface area contributed by atoms with Gasteiger partial charge < -0.3 is 4.90 Å². The van der Waals surface area contributed by atoms with E-state index in [4.69, 9.17) is 0 Å². The van der Waals surface area contributed by atoms with Crippen molar-refractivity contribution in [2.75, 3.05) is 23.5 Å². The molecule has 2 aliphatic rings. The van der Waals surface area contributed by atoms with Crippen LogP contribution in [0.15, 0.2) is 64.9 Å². The van der Waals surface area contributed by atoms with Gasteiger partial charge in [0.25, 0.3) is 0 Å². The maximum absolute atomic E-state index is 4.49. The molecule has 4 rings (SSSR count). The molecule has 0 radical (unpaired) electrons. The molecule has 0 aliphatic carbocycles. The predicted octanol–water partition coefficient (Wildman–Crippen LogP) is 4.00. The Morgan fingerprint density at radius 3 is 2.36 bits per heavy atom. The average Bonchev–Trinajstić information content (AvgIpc) is 3.07. The summed E-state index contributed by atoms with van der Waals surface area (Å²) in [4.78, 5) is 2.34. The third kappa shape index (κ3) is 1.42. The van der Waals surface area contributed by atoms with Crippen LogP contribution in [0.5, 0.6) is 0 Å². The predicted molar refractivity (Wildman–Crippen MR) is 89.2 cm³/mol. The van der Waals surface area contributed by atoms with Crippen LogP contribution in [-0.2, 0) is 5.41 Å². The van der Waals surface area contributed by atoms with Gasteiger partial charge >= 0.3 is 0 Å². The van der Waals surface area contributed by atoms with Gasteiger partial charge in [0, 0.05) is 18.2 Å². The summed E-state index contributed by atoms with van der Waals surface area (Å²) in [6.45, 7) is 5.25. The first-order valence-electron chi connectivity index (χ1n) is 7.65. The highest BCUT2D eigenvalue weighted by Crippen LogP contribution is 2.55. The summed E-state index contributed by atoms with van der Waals surface area (Å²) in [7, 11) is 2.15. The summed E-state index contributed by atoms with van der Waals surface area (Å²) in [5, 5.41) is 11.0. The molecule has 0 saturated carbocycles. The lowest BCUT2D eigenvalue weighted by atomic mass is 9.75. The van der Waals surface area contributed by atoms with E-state index in [1.807, 2.05) is 18.2 Å². The van der Waals surface area contributed by atoms with E-state index in [0.29, 0.717) is 6.54 Å². The summed E-state index contributed by atoms with van der Waals surface area (Å²) in [5.74, 6) is 0. The highest BCUT2D eigenvalue weighted by atomic mass is 15.7. The van der Waals surface area contributed by atoms with Gasteiger partial charge in [-0.25, -0.2) is 5.01 Å². The van der Waals surface area contributed by atoms with Gasteiger partial charge in [-0.3, -0.25) is 0 Å². The van der Waals surface area contributed by atoms with Gasteiger partial charge in [0.15, 0.2) is 5.66 Å². The molecule has 1 spiro atoms. The van der Waals surface area contributed by atoms with Crippen LogP contribution < -0.4 is 9.91 Å². The normalized spacial score (nSPS) is 25.0. The Morgan fingerprint density at radius 1 is 0.955 bits per heavy atom. The Kier molecular flexibility index (Phi) is 2.61. The molecule has 0 N–H and O–H groups in total. The Bertz CT molecular complexity index is 738. The molecule has 2 aromatic rings. The molecular formula is C18H20N4. The van der Waals surface area contributed by atoms with E-state index < -0.39 is 0 Å². The summed E-state index contributed by atoms with van der Waals surface area (Å²) in [6.07, 6.45) is 0. The first-order valence-corrected chi connectivity index (χ1v) is 7.65. The van der Waals surface area contributed by atoms with E-state index in [1.54, 1.807) is 0 Å². The zero-order valence-corrected chi connectivity index (χ0v) is 13.2. The van der Waals surface area contributed by atoms with Crippen molar-refractivity contribution in [2.24, 2.45) is 10.3 Å². The zero-order chi connectivity index (χ0) is 15.4. The van der Waals surface area contributed by atoms with E-state index >= 15 is 0 Å². The molecule has 112 valence electrons. The van der Waals surface area contributed by atoms with Crippen molar-refractivity contribution in [2.45, 2.75) is 24.9 Å². The smallest absolute Gasteiger partial charge is 0.166 e. The van der Waals surface area contributed by atoms with E-state index in [-0.39, 0.29) is 11.1 Å². The molecule has 0 amide bonds. The Labute approximate surface area is 131 Å². The minimum atomic E-state index is -0.294. The fourth-order valence-electron chi connectivity index (χ4n) is 4.01. The van der Waals surface area contributed by atoms with Crippen molar-refractivity contribution in [1.29, 1.82) is 0 Å². The second-order valence-corrected chi connectivity index (χ2v) is 6.55. The van der Waals surface area contributed by atoms with Crippen LogP contribution in [0.25, 0.3) is 0 Å². The Hall–Kier alpha value is -2.36. The number of nitrogens with zero attached hydrogens (tertiary/aromatic N) is 4. The monoisotopic (exact) mass is 292 g/mol. The van der Waals surface area contributed by atoms with Crippen molar-refractivity contribution in [3.8, 4) is 0 Å². The molecule has 22 heavy (non-hydrogen) atoms. The first kappa shape index (κ1) is 13.3. The molecule has 2 heterocycles. The van der Waals surface area contributed by atoms with Gasteiger partial charge in [-0.1, -0.05) is 55.5 Å². The largest absolute Gasteiger partial charge is 0.348 e. The van der Waals surface area contributed by atoms with Crippen molar-refractivity contribution in [3.05, 3.63) is 60.2 Å². The highest BCUT2D eigenvalue weighted by molar-refractivity contribution is 5.70. The zero-order valence-electron chi connectivity index (χ0n) is 13.2. The molecule has 0 bridgehead atoms. The molecule has 0 fully saturated rings. The molecule has 0 saturated heterocycles. The third-order valence-corrected chi connectivity index (χ3v) is 5.29. The van der Waals surface area contributed by atoms with Crippen molar-refractivity contribution < 1.29 is 0 Å². The lowest BCUT2D eigenvalue weighted by molar-refractivity contribution is 0.289. The van der Waals surface area contributed by atoms with E-state index in [2.05, 4.69) is 77.5 Å². The first-order chi connectivity index (χ1) is 10.6. The van der Waals surface area contributed by atoms with Crippen LogP contribution in [0.4, 0.5) is 11.4 Å². The number of anilines is 2. The summed E-state index contributed by atoms with van der Waals surface area (Å²) >= 11 is 0. The van der Waals surface area contributed by atoms with Crippen LogP contribution in [0.2, 0.25) is 0 Å². The summed E-state index contributed by atoms with van der Waals surface area (Å²) in [5.41, 5.74) is 3.32. The minimum Gasteiger partial charge on any atom is -0.348 e. The highest BCUT2D eigenvalue weighted by Gasteiger charge is 2.61. The number of fused-ring (bicyclic) bond motifs is 1. The van der Waals surface area contributed by atoms with Crippen molar-refractivity contribution in [1.82, 2.24) is 0 Å². The van der Waals surface area contributed by atoms with Crippen molar-refractivity contribution >= 4 is 11.4 Å². The molecule has 2 aromatic carbocycles. The standard InChI is InChI=1S/C18H20N4/c1-17(2)15-11-7-8-12-16(15)21(3)18(17)13-19-20-22(18)14-9-5-4-6-10-14/h4-12H,13H2,1-3H3. The number of para-hydroxylation sites is 2. The molecule has 4 nitrogen and oxygen atoms in total. The molecule has 0 aromatic heterocycles. The molecule has 1 atom stereocenters. The van der Waals surface area contributed by atoms with Gasteiger partial charge in [0.05, 0.1) is 5.69 Å². The number of benzene rings is 2. The molecular weight excluding hydrogens is 272 g/mol. The molecule has 1 unspecified atom stereocenters. The third-order valence-electron chi connectivity index (χ3n) is 5.29. The lowest BCUT2D eigenvalue weighted by Crippen LogP contribution is -2.64. The fourth-order valence-corrected chi connectivity index (χ4v) is 4.01. The van der Waals surface area contributed by atoms with Crippen LogP contribution in [0.3, 0.4) is 0 Å². The topological polar surface area (TPSA) is 31.2 Å². The van der Waals surface area contributed by atoms with Gasteiger partial charge in [-0.05, 0) is 23.8 Å². The van der Waals surface area contributed by atoms with Gasteiger partial charge in [0.2, 0.25) is 0 Å². The number of likely N-dealkylation sites (N-methyl/N-ethyl adjacent to an activating group) is 1. The van der Waals surface area contributed by atoms with E-state index in [0.717, 1.165) is 5.69 Å². The van der Waals surface area contributed by atoms with Crippen LogP contribution in [0, 0.1) is 0 Å². The minimum absolute atomic E-state index is 0.0856. The quantitative estimate of drug-likeness (QED) is 0.795. The molecule has 2 aliphatic heterocycles. The number of rotatable bonds is 1. The van der Waals surface area contributed by atoms with Gasteiger partial charge in [-0.15, -0.1) is 0 Å². The van der Waals surface area contributed by atoms with E-state index in [1.165, 1.54) is 11.3 Å². The van der Waals surface area contributed by atoms with E-state index in [9.17, 15) is 0 Å². The Balaban J connectivity index is 1.91. The fraction of sp³-hybridized carbons (Fsp3) is 0.333.